The summed E-state index contributed by atoms with van der Waals surface area (Å²) >= 11 is 0. The molecule has 0 aromatic carbocycles. The smallest absolute Gasteiger partial charge is 0.308 e. The Bertz CT molecular complexity index is 234. The molecule has 2 fully saturated rings. The second-order valence-corrected chi connectivity index (χ2v) is 3.73. The number of ketones is 1. The molecule has 2 aliphatic carbocycles. The normalized spacial score (nSPS) is 38.8. The van der Waals surface area contributed by atoms with Gasteiger partial charge in [0.25, 0.3) is 0 Å². The average molecular weight is 168 g/mol. The third-order valence-electron chi connectivity index (χ3n) is 3.12. The van der Waals surface area contributed by atoms with E-state index in [4.69, 9.17) is 0 Å². The molecule has 0 radical (unpaired) electrons. The summed E-state index contributed by atoms with van der Waals surface area (Å²) in [5.41, 5.74) is 0. The third-order valence-corrected chi connectivity index (χ3v) is 3.12. The van der Waals surface area contributed by atoms with Crippen LogP contribution in [0.3, 0.4) is 0 Å². The molecule has 66 valence electrons. The number of esters is 1. The maximum Gasteiger partial charge on any atom is 0.308 e. The number of methoxy groups -OCH3 is 1. The van der Waals surface area contributed by atoms with Crippen molar-refractivity contribution in [1.82, 2.24) is 0 Å². The van der Waals surface area contributed by atoms with Gasteiger partial charge in [-0.15, -0.1) is 0 Å². The Hall–Kier alpha value is -0.860. The molecule has 0 aromatic heterocycles. The van der Waals surface area contributed by atoms with Crippen LogP contribution in [-0.2, 0) is 14.3 Å². The molecule has 3 atom stereocenters. The highest BCUT2D eigenvalue weighted by Crippen LogP contribution is 2.46. The quantitative estimate of drug-likeness (QED) is 0.543. The molecule has 2 rings (SSSR count). The molecule has 0 unspecified atom stereocenters. The molecule has 12 heavy (non-hydrogen) atoms. The summed E-state index contributed by atoms with van der Waals surface area (Å²) in [4.78, 5) is 22.3. The van der Waals surface area contributed by atoms with Crippen LogP contribution in [-0.4, -0.2) is 18.9 Å². The topological polar surface area (TPSA) is 43.4 Å². The van der Waals surface area contributed by atoms with E-state index in [2.05, 4.69) is 4.74 Å². The van der Waals surface area contributed by atoms with Crippen molar-refractivity contribution < 1.29 is 14.3 Å². The molecule has 3 heteroatoms. The van der Waals surface area contributed by atoms with E-state index < -0.39 is 0 Å². The van der Waals surface area contributed by atoms with Gasteiger partial charge in [-0.25, -0.2) is 0 Å². The standard InChI is InChI=1S/C9H12O3/c1-12-9(11)7-3-6-2-5(7)4-8(6)10/h5-7H,2-4H2,1H3/t5-,6-,7-/m0/s1. The zero-order chi connectivity index (χ0) is 8.72. The zero-order valence-electron chi connectivity index (χ0n) is 7.08. The van der Waals surface area contributed by atoms with Gasteiger partial charge in [-0.3, -0.25) is 9.59 Å². The fraction of sp³-hybridized carbons (Fsp3) is 0.778. The first-order valence-corrected chi connectivity index (χ1v) is 4.33. The van der Waals surface area contributed by atoms with E-state index in [1.807, 2.05) is 0 Å². The van der Waals surface area contributed by atoms with Crippen LogP contribution in [0.1, 0.15) is 19.3 Å². The molecule has 0 aromatic rings. The van der Waals surface area contributed by atoms with Crippen molar-refractivity contribution in [1.29, 1.82) is 0 Å². The second kappa shape index (κ2) is 2.57. The Kier molecular flexibility index (Phi) is 1.67. The summed E-state index contributed by atoms with van der Waals surface area (Å²) in [6, 6.07) is 0. The predicted molar refractivity (Wildman–Crippen MR) is 41.3 cm³/mol. The molecule has 0 amide bonds. The Labute approximate surface area is 71.1 Å². The lowest BCUT2D eigenvalue weighted by Gasteiger charge is -2.17. The molecular weight excluding hydrogens is 156 g/mol. The number of hydrogen-bond donors (Lipinski definition) is 0. The number of carbonyl (C=O) groups excluding carboxylic acids is 2. The Morgan fingerprint density at radius 3 is 2.67 bits per heavy atom. The van der Waals surface area contributed by atoms with Crippen molar-refractivity contribution in [3.05, 3.63) is 0 Å². The van der Waals surface area contributed by atoms with Crippen molar-refractivity contribution in [2.45, 2.75) is 19.3 Å². The molecule has 0 aliphatic heterocycles. The molecule has 3 nitrogen and oxygen atoms in total. The van der Waals surface area contributed by atoms with Crippen LogP contribution in [0.5, 0.6) is 0 Å². The minimum atomic E-state index is -0.130. The van der Waals surface area contributed by atoms with E-state index in [-0.39, 0.29) is 23.7 Å². The number of rotatable bonds is 1. The van der Waals surface area contributed by atoms with E-state index in [9.17, 15) is 9.59 Å². The number of Topliss-reactive ketones (excluding diaryl/α,β-unsaturated/α-hetero) is 1. The van der Waals surface area contributed by atoms with Gasteiger partial charge in [0.15, 0.2) is 0 Å². The van der Waals surface area contributed by atoms with Crippen molar-refractivity contribution >= 4 is 11.8 Å². The lowest BCUT2D eigenvalue weighted by molar-refractivity contribution is -0.147. The summed E-state index contributed by atoms with van der Waals surface area (Å²) in [5, 5.41) is 0. The molecule has 2 bridgehead atoms. The second-order valence-electron chi connectivity index (χ2n) is 3.73. The number of fused-ring (bicyclic) bond motifs is 2. The van der Waals surface area contributed by atoms with Gasteiger partial charge >= 0.3 is 5.97 Å². The first-order chi connectivity index (χ1) is 5.72. The monoisotopic (exact) mass is 168 g/mol. The Balaban J connectivity index is 2.07. The summed E-state index contributed by atoms with van der Waals surface area (Å²) in [5.74, 6) is 0.682. The lowest BCUT2D eigenvalue weighted by atomic mass is 9.88. The maximum atomic E-state index is 11.2. The van der Waals surface area contributed by atoms with Crippen LogP contribution in [0.15, 0.2) is 0 Å². The predicted octanol–water partition coefficient (Wildman–Crippen LogP) is 0.775. The Morgan fingerprint density at radius 2 is 2.25 bits per heavy atom. The summed E-state index contributed by atoms with van der Waals surface area (Å²) < 4.78 is 4.67. The highest BCUT2D eigenvalue weighted by molar-refractivity contribution is 5.87. The van der Waals surface area contributed by atoms with Crippen molar-refractivity contribution in [2.75, 3.05) is 7.11 Å². The van der Waals surface area contributed by atoms with E-state index in [1.165, 1.54) is 7.11 Å². The van der Waals surface area contributed by atoms with Gasteiger partial charge in [0.1, 0.15) is 5.78 Å². The number of hydrogen-bond acceptors (Lipinski definition) is 3. The molecule has 0 spiro atoms. The number of ether oxygens (including phenoxy) is 1. The van der Waals surface area contributed by atoms with Gasteiger partial charge in [0.05, 0.1) is 13.0 Å². The minimum Gasteiger partial charge on any atom is -0.469 e. The SMILES string of the molecule is COC(=O)[C@H]1C[C@@H]2C[C@H]1CC2=O. The van der Waals surface area contributed by atoms with E-state index in [1.54, 1.807) is 0 Å². The van der Waals surface area contributed by atoms with Crippen molar-refractivity contribution in [3.63, 3.8) is 0 Å². The fourth-order valence-corrected chi connectivity index (χ4v) is 2.48. The van der Waals surface area contributed by atoms with Gasteiger partial charge in [-0.05, 0) is 18.8 Å². The first kappa shape index (κ1) is 7.77. The van der Waals surface area contributed by atoms with Gasteiger partial charge in [0, 0.05) is 12.3 Å². The van der Waals surface area contributed by atoms with Crippen molar-refractivity contribution in [2.24, 2.45) is 17.8 Å². The maximum absolute atomic E-state index is 11.2. The third kappa shape index (κ3) is 0.958. The van der Waals surface area contributed by atoms with Crippen LogP contribution >= 0.6 is 0 Å². The van der Waals surface area contributed by atoms with Gasteiger partial charge in [-0.2, -0.15) is 0 Å². The van der Waals surface area contributed by atoms with E-state index in [0.29, 0.717) is 12.2 Å². The van der Waals surface area contributed by atoms with Crippen LogP contribution in [0, 0.1) is 17.8 Å². The van der Waals surface area contributed by atoms with Gasteiger partial charge < -0.3 is 4.74 Å². The highest BCUT2D eigenvalue weighted by Gasteiger charge is 2.48. The van der Waals surface area contributed by atoms with Crippen LogP contribution in [0.4, 0.5) is 0 Å². The summed E-state index contributed by atoms with van der Waals surface area (Å²) in [6.45, 7) is 0. The fourth-order valence-electron chi connectivity index (χ4n) is 2.48. The molecule has 2 aliphatic rings. The molecule has 0 N–H and O–H groups in total. The summed E-state index contributed by atoms with van der Waals surface area (Å²) in [6.07, 6.45) is 2.25. The van der Waals surface area contributed by atoms with Gasteiger partial charge in [0.2, 0.25) is 0 Å². The van der Waals surface area contributed by atoms with Crippen LogP contribution in [0.25, 0.3) is 0 Å². The minimum absolute atomic E-state index is 0.0118. The summed E-state index contributed by atoms with van der Waals surface area (Å²) in [7, 11) is 1.41. The largest absolute Gasteiger partial charge is 0.469 e. The van der Waals surface area contributed by atoms with Gasteiger partial charge in [-0.1, -0.05) is 0 Å². The zero-order valence-corrected chi connectivity index (χ0v) is 7.08. The molecule has 0 saturated heterocycles. The van der Waals surface area contributed by atoms with Crippen LogP contribution in [0.2, 0.25) is 0 Å². The van der Waals surface area contributed by atoms with Crippen LogP contribution < -0.4 is 0 Å². The molecular formula is C9H12O3. The molecule has 2 saturated carbocycles. The highest BCUT2D eigenvalue weighted by atomic mass is 16.5. The Morgan fingerprint density at radius 1 is 1.50 bits per heavy atom. The van der Waals surface area contributed by atoms with Crippen molar-refractivity contribution in [3.8, 4) is 0 Å². The first-order valence-electron chi connectivity index (χ1n) is 4.33. The average Bonchev–Trinajstić information content (AvgIpc) is 2.60. The van der Waals surface area contributed by atoms with E-state index in [0.717, 1.165) is 12.8 Å². The van der Waals surface area contributed by atoms with E-state index >= 15 is 0 Å². The number of carbonyl (C=O) groups is 2. The molecule has 0 heterocycles. The lowest BCUT2D eigenvalue weighted by Crippen LogP contribution is -2.25.